The van der Waals surface area contributed by atoms with Crippen molar-refractivity contribution in [3.05, 3.63) is 40.2 Å². The van der Waals surface area contributed by atoms with Crippen LogP contribution in [-0.4, -0.2) is 42.3 Å². The molecule has 2 aromatic rings. The molecule has 1 fully saturated rings. The lowest BCUT2D eigenvalue weighted by Gasteiger charge is -2.32. The van der Waals surface area contributed by atoms with Crippen molar-refractivity contribution in [3.63, 3.8) is 0 Å². The predicted octanol–water partition coefficient (Wildman–Crippen LogP) is 1.53. The molecule has 0 saturated carbocycles. The molecule has 0 amide bonds. The molecule has 1 unspecified atom stereocenters. The molecule has 1 atom stereocenters. The van der Waals surface area contributed by atoms with Crippen molar-refractivity contribution in [2.75, 3.05) is 26.7 Å². The second-order valence-electron chi connectivity index (χ2n) is 6.74. The number of aromatic nitrogens is 1. The van der Waals surface area contributed by atoms with Gasteiger partial charge in [0.1, 0.15) is 5.75 Å². The molecular weight excluding hydrogens is 290 g/mol. The zero-order chi connectivity index (χ0) is 16.0. The smallest absolute Gasteiger partial charge is 0.251 e. The van der Waals surface area contributed by atoms with Gasteiger partial charge in [-0.05, 0) is 49.5 Å². The Hall–Kier alpha value is -1.85. The fourth-order valence-corrected chi connectivity index (χ4v) is 4.07. The van der Waals surface area contributed by atoms with Crippen LogP contribution in [0.5, 0.6) is 5.75 Å². The van der Waals surface area contributed by atoms with E-state index in [4.69, 9.17) is 10.5 Å². The van der Waals surface area contributed by atoms with E-state index >= 15 is 0 Å². The minimum absolute atomic E-state index is 0.0789. The van der Waals surface area contributed by atoms with Crippen LogP contribution in [0.15, 0.2) is 29.1 Å². The first-order valence-corrected chi connectivity index (χ1v) is 8.35. The average molecular weight is 313 g/mol. The van der Waals surface area contributed by atoms with Crippen LogP contribution in [-0.2, 0) is 6.54 Å². The van der Waals surface area contributed by atoms with Crippen molar-refractivity contribution < 1.29 is 4.74 Å². The molecule has 0 spiro atoms. The molecule has 1 saturated heterocycles. The molecule has 2 aliphatic heterocycles. The van der Waals surface area contributed by atoms with E-state index in [1.54, 1.807) is 13.2 Å². The maximum Gasteiger partial charge on any atom is 0.251 e. The minimum atomic E-state index is 0.0789. The fraction of sp³-hybridized carbons (Fsp3) is 0.500. The lowest BCUT2D eigenvalue weighted by Crippen LogP contribution is -2.41. The molecule has 23 heavy (non-hydrogen) atoms. The first-order valence-electron chi connectivity index (χ1n) is 8.35. The lowest BCUT2D eigenvalue weighted by molar-refractivity contribution is 0.198. The van der Waals surface area contributed by atoms with Gasteiger partial charge in [0.15, 0.2) is 0 Å². The summed E-state index contributed by atoms with van der Waals surface area (Å²) in [5, 5.41) is 1.11. The van der Waals surface area contributed by atoms with Gasteiger partial charge in [-0.1, -0.05) is 0 Å². The number of benzene rings is 1. The SMILES string of the molecule is COc1ccc2ccc(=O)n3c2c1C(CN1CCC(N)CC1)C3. The second kappa shape index (κ2) is 5.65. The van der Waals surface area contributed by atoms with Crippen LogP contribution in [0.25, 0.3) is 10.9 Å². The van der Waals surface area contributed by atoms with Gasteiger partial charge in [0, 0.05) is 36.7 Å². The largest absolute Gasteiger partial charge is 0.496 e. The van der Waals surface area contributed by atoms with Crippen LogP contribution in [0.3, 0.4) is 0 Å². The third-order valence-electron chi connectivity index (χ3n) is 5.29. The van der Waals surface area contributed by atoms with Crippen molar-refractivity contribution in [2.24, 2.45) is 5.73 Å². The first-order chi connectivity index (χ1) is 11.2. The molecular formula is C18H23N3O2. The van der Waals surface area contributed by atoms with E-state index in [9.17, 15) is 4.79 Å². The van der Waals surface area contributed by atoms with Gasteiger partial charge in [0.2, 0.25) is 0 Å². The number of methoxy groups -OCH3 is 1. The van der Waals surface area contributed by atoms with Gasteiger partial charge < -0.3 is 19.9 Å². The summed E-state index contributed by atoms with van der Waals surface area (Å²) < 4.78 is 7.51. The summed E-state index contributed by atoms with van der Waals surface area (Å²) in [4.78, 5) is 14.7. The second-order valence-corrected chi connectivity index (χ2v) is 6.74. The number of hydrogen-bond donors (Lipinski definition) is 1. The molecule has 3 heterocycles. The number of pyridine rings is 1. The van der Waals surface area contributed by atoms with E-state index in [0.717, 1.165) is 55.7 Å². The number of nitrogens with two attached hydrogens (primary N) is 1. The topological polar surface area (TPSA) is 60.5 Å². The fourth-order valence-electron chi connectivity index (χ4n) is 4.07. The summed E-state index contributed by atoms with van der Waals surface area (Å²) in [6, 6.07) is 7.99. The molecule has 2 N–H and O–H groups in total. The molecule has 2 aliphatic rings. The summed E-state index contributed by atoms with van der Waals surface area (Å²) in [7, 11) is 1.71. The zero-order valence-electron chi connectivity index (χ0n) is 13.5. The highest BCUT2D eigenvalue weighted by atomic mass is 16.5. The number of rotatable bonds is 3. The van der Waals surface area contributed by atoms with Crippen molar-refractivity contribution in [2.45, 2.75) is 31.3 Å². The third kappa shape index (κ3) is 2.44. The van der Waals surface area contributed by atoms with E-state index in [1.165, 1.54) is 5.56 Å². The monoisotopic (exact) mass is 313 g/mol. The number of nitrogens with zero attached hydrogens (tertiary/aromatic N) is 2. The molecule has 0 radical (unpaired) electrons. The van der Waals surface area contributed by atoms with Crippen LogP contribution in [0.1, 0.15) is 24.3 Å². The first kappa shape index (κ1) is 14.7. The van der Waals surface area contributed by atoms with E-state index in [-0.39, 0.29) is 5.56 Å². The Balaban J connectivity index is 1.72. The molecule has 122 valence electrons. The summed E-state index contributed by atoms with van der Waals surface area (Å²) in [5.41, 5.74) is 8.33. The lowest BCUT2D eigenvalue weighted by atomic mass is 9.96. The number of piperidine rings is 1. The van der Waals surface area contributed by atoms with Crippen LogP contribution >= 0.6 is 0 Å². The summed E-state index contributed by atoms with van der Waals surface area (Å²) in [5.74, 6) is 1.20. The molecule has 0 bridgehead atoms. The molecule has 4 rings (SSSR count). The summed E-state index contributed by atoms with van der Waals surface area (Å²) in [6.45, 7) is 3.79. The van der Waals surface area contributed by atoms with Gasteiger partial charge in [-0.25, -0.2) is 0 Å². The van der Waals surface area contributed by atoms with E-state index in [2.05, 4.69) is 4.90 Å². The van der Waals surface area contributed by atoms with Gasteiger partial charge in [0.05, 0.1) is 12.6 Å². The van der Waals surface area contributed by atoms with Crippen LogP contribution in [0, 0.1) is 0 Å². The Kier molecular flexibility index (Phi) is 3.62. The quantitative estimate of drug-likeness (QED) is 0.933. The van der Waals surface area contributed by atoms with Crippen molar-refractivity contribution in [3.8, 4) is 5.75 Å². The Morgan fingerprint density at radius 1 is 1.22 bits per heavy atom. The number of hydrogen-bond acceptors (Lipinski definition) is 4. The summed E-state index contributed by atoms with van der Waals surface area (Å²) >= 11 is 0. The van der Waals surface area contributed by atoms with Crippen molar-refractivity contribution in [1.82, 2.24) is 9.47 Å². The van der Waals surface area contributed by atoms with Crippen molar-refractivity contribution >= 4 is 10.9 Å². The summed E-state index contributed by atoms with van der Waals surface area (Å²) in [6.07, 6.45) is 2.11. The maximum absolute atomic E-state index is 12.3. The number of ether oxygens (including phenoxy) is 1. The molecule has 5 heteroatoms. The van der Waals surface area contributed by atoms with Gasteiger partial charge in [-0.3, -0.25) is 4.79 Å². The third-order valence-corrected chi connectivity index (χ3v) is 5.29. The van der Waals surface area contributed by atoms with Gasteiger partial charge in [-0.15, -0.1) is 0 Å². The Labute approximate surface area is 135 Å². The molecule has 1 aromatic carbocycles. The van der Waals surface area contributed by atoms with Gasteiger partial charge in [-0.2, -0.15) is 0 Å². The molecule has 1 aromatic heterocycles. The molecule has 0 aliphatic carbocycles. The molecule has 5 nitrogen and oxygen atoms in total. The normalized spacial score (nSPS) is 21.9. The minimum Gasteiger partial charge on any atom is -0.496 e. The van der Waals surface area contributed by atoms with E-state index in [0.29, 0.717) is 12.0 Å². The van der Waals surface area contributed by atoms with E-state index < -0.39 is 0 Å². The van der Waals surface area contributed by atoms with Gasteiger partial charge >= 0.3 is 0 Å². The average Bonchev–Trinajstić information content (AvgIpc) is 2.94. The zero-order valence-corrected chi connectivity index (χ0v) is 13.5. The number of likely N-dealkylation sites (tertiary alicyclic amines) is 1. The standard InChI is InChI=1S/C18H23N3O2/c1-23-15-4-2-12-3-5-16(22)21-11-13(17(15)18(12)21)10-20-8-6-14(19)7-9-20/h2-5,13-14H,6-11,19H2,1H3. The maximum atomic E-state index is 12.3. The highest BCUT2D eigenvalue weighted by Crippen LogP contribution is 2.39. The van der Waals surface area contributed by atoms with Crippen molar-refractivity contribution in [1.29, 1.82) is 0 Å². The van der Waals surface area contributed by atoms with Crippen LogP contribution < -0.4 is 16.0 Å². The Morgan fingerprint density at radius 2 is 1.96 bits per heavy atom. The van der Waals surface area contributed by atoms with Crippen LogP contribution in [0.4, 0.5) is 0 Å². The highest BCUT2D eigenvalue weighted by Gasteiger charge is 2.31. The Morgan fingerprint density at radius 3 is 2.70 bits per heavy atom. The van der Waals surface area contributed by atoms with Gasteiger partial charge in [0.25, 0.3) is 5.56 Å². The highest BCUT2D eigenvalue weighted by molar-refractivity contribution is 5.86. The van der Waals surface area contributed by atoms with Crippen LogP contribution in [0.2, 0.25) is 0 Å². The van der Waals surface area contributed by atoms with E-state index in [1.807, 2.05) is 22.8 Å². The predicted molar refractivity (Wildman–Crippen MR) is 91.2 cm³/mol. The Bertz CT molecular complexity index is 791.